The van der Waals surface area contributed by atoms with Gasteiger partial charge in [-0.2, -0.15) is 0 Å². The smallest absolute Gasteiger partial charge is 0.217 e. The molecule has 0 heterocycles. The number of hydrogen-bond donors (Lipinski definition) is 2. The fourth-order valence-electron chi connectivity index (χ4n) is 1.65. The highest BCUT2D eigenvalue weighted by Gasteiger charge is 2.09. The van der Waals surface area contributed by atoms with Gasteiger partial charge < -0.3 is 11.1 Å². The van der Waals surface area contributed by atoms with Crippen molar-refractivity contribution >= 4 is 19.2 Å². The Hall–Kier alpha value is -1.29. The normalized spacial score (nSPS) is 12.3. The number of nitrogens with two attached hydrogens (primary N) is 1. The Balaban J connectivity index is 2.56. The van der Waals surface area contributed by atoms with E-state index in [1.807, 2.05) is 31.3 Å². The second-order valence-electron chi connectivity index (χ2n) is 3.89. The van der Waals surface area contributed by atoms with Crippen LogP contribution in [0.5, 0.6) is 0 Å². The van der Waals surface area contributed by atoms with Gasteiger partial charge in [-0.3, -0.25) is 4.79 Å². The number of carbonyl (C=O) groups is 1. The molecule has 0 saturated heterocycles. The van der Waals surface area contributed by atoms with E-state index in [0.29, 0.717) is 6.42 Å². The van der Waals surface area contributed by atoms with Crippen LogP contribution >= 0.6 is 0 Å². The van der Waals surface area contributed by atoms with Gasteiger partial charge in [0.05, 0.1) is 0 Å². The molecule has 1 aromatic rings. The van der Waals surface area contributed by atoms with Crippen molar-refractivity contribution in [1.82, 2.24) is 5.32 Å². The van der Waals surface area contributed by atoms with E-state index in [1.54, 1.807) is 0 Å². The van der Waals surface area contributed by atoms with Crippen molar-refractivity contribution < 1.29 is 4.79 Å². The van der Waals surface area contributed by atoms with Crippen molar-refractivity contribution in [2.24, 2.45) is 5.73 Å². The maximum atomic E-state index is 10.7. The Kier molecular flexibility index (Phi) is 5.06. The van der Waals surface area contributed by atoms with Crippen LogP contribution in [0.2, 0.25) is 0 Å². The van der Waals surface area contributed by atoms with Crippen LogP contribution in [-0.4, -0.2) is 26.8 Å². The molecule has 0 saturated carbocycles. The zero-order valence-electron chi connectivity index (χ0n) is 9.57. The first kappa shape index (κ1) is 12.8. The molecule has 1 rings (SSSR count). The summed E-state index contributed by atoms with van der Waals surface area (Å²) in [6.07, 6.45) is 1.95. The van der Waals surface area contributed by atoms with Gasteiger partial charge in [-0.05, 0) is 19.9 Å². The van der Waals surface area contributed by atoms with E-state index in [-0.39, 0.29) is 11.9 Å². The maximum absolute atomic E-state index is 10.7. The number of amides is 1. The molecule has 1 atom stereocenters. The van der Waals surface area contributed by atoms with Crippen molar-refractivity contribution in [2.75, 3.05) is 7.05 Å². The lowest BCUT2D eigenvalue weighted by atomic mass is 9.87. The minimum absolute atomic E-state index is 0.234. The summed E-state index contributed by atoms with van der Waals surface area (Å²) in [5, 5.41) is 3.17. The van der Waals surface area contributed by atoms with Gasteiger partial charge in [0, 0.05) is 12.5 Å². The third-order valence-corrected chi connectivity index (χ3v) is 2.67. The van der Waals surface area contributed by atoms with E-state index < -0.39 is 0 Å². The highest BCUT2D eigenvalue weighted by Crippen LogP contribution is 2.05. The van der Waals surface area contributed by atoms with Crippen molar-refractivity contribution in [1.29, 1.82) is 0 Å². The first-order chi connectivity index (χ1) is 7.63. The van der Waals surface area contributed by atoms with E-state index in [4.69, 9.17) is 13.6 Å². The third-order valence-electron chi connectivity index (χ3n) is 2.67. The van der Waals surface area contributed by atoms with E-state index in [9.17, 15) is 4.79 Å². The van der Waals surface area contributed by atoms with Crippen LogP contribution in [0.25, 0.3) is 0 Å². The van der Waals surface area contributed by atoms with Crippen molar-refractivity contribution in [3.8, 4) is 0 Å². The molecule has 16 heavy (non-hydrogen) atoms. The Bertz CT molecular complexity index is 355. The van der Waals surface area contributed by atoms with Gasteiger partial charge >= 0.3 is 0 Å². The summed E-state index contributed by atoms with van der Waals surface area (Å²) in [6.45, 7) is 0. The lowest BCUT2D eigenvalue weighted by molar-refractivity contribution is -0.118. The molecular weight excluding hydrogens is 199 g/mol. The molecule has 0 aliphatic carbocycles. The predicted molar refractivity (Wildman–Crippen MR) is 66.8 cm³/mol. The van der Waals surface area contributed by atoms with E-state index >= 15 is 0 Å². The summed E-state index contributed by atoms with van der Waals surface area (Å²) in [6, 6.07) is 8.00. The zero-order valence-corrected chi connectivity index (χ0v) is 9.57. The highest BCUT2D eigenvalue weighted by atomic mass is 16.1. The van der Waals surface area contributed by atoms with E-state index in [2.05, 4.69) is 5.32 Å². The number of primary amides is 1. The molecule has 0 aromatic heterocycles. The van der Waals surface area contributed by atoms with Crippen LogP contribution in [0.4, 0.5) is 0 Å². The summed E-state index contributed by atoms with van der Waals surface area (Å²) in [5.41, 5.74) is 7.02. The zero-order chi connectivity index (χ0) is 12.0. The van der Waals surface area contributed by atoms with Gasteiger partial charge in [-0.25, -0.2) is 0 Å². The minimum atomic E-state index is -0.263. The van der Waals surface area contributed by atoms with Crippen molar-refractivity contribution in [3.63, 3.8) is 0 Å². The van der Waals surface area contributed by atoms with Crippen LogP contribution in [0, 0.1) is 0 Å². The number of nitrogens with one attached hydrogen (secondary N) is 1. The van der Waals surface area contributed by atoms with Gasteiger partial charge in [-0.15, -0.1) is 0 Å². The first-order valence-electron chi connectivity index (χ1n) is 5.42. The van der Waals surface area contributed by atoms with Gasteiger partial charge in [0.2, 0.25) is 5.91 Å². The van der Waals surface area contributed by atoms with Gasteiger partial charge in [0.15, 0.2) is 0 Å². The largest absolute Gasteiger partial charge is 0.370 e. The highest BCUT2D eigenvalue weighted by molar-refractivity contribution is 6.33. The summed E-state index contributed by atoms with van der Waals surface area (Å²) in [5.74, 6) is -0.263. The Morgan fingerprint density at radius 2 is 2.19 bits per heavy atom. The molecule has 1 unspecified atom stereocenters. The topological polar surface area (TPSA) is 55.1 Å². The molecule has 2 radical (unpaired) electrons. The Labute approximate surface area is 97.8 Å². The van der Waals surface area contributed by atoms with Crippen LogP contribution < -0.4 is 16.5 Å². The van der Waals surface area contributed by atoms with Gasteiger partial charge in [-0.1, -0.05) is 35.3 Å². The summed E-state index contributed by atoms with van der Waals surface area (Å²) >= 11 is 0. The standard InChI is InChI=1S/C12H17BN2O/c1-15-10(6-7-12(14)16)8-9-4-2-3-5-11(9)13/h2-5,10,15H,6-8H2,1H3,(H2,14,16). The number of carbonyl (C=O) groups excluding carboxylic acids is 1. The number of benzene rings is 1. The second-order valence-corrected chi connectivity index (χ2v) is 3.89. The summed E-state index contributed by atoms with van der Waals surface area (Å²) in [7, 11) is 7.74. The number of likely N-dealkylation sites (N-methyl/N-ethyl adjacent to an activating group) is 1. The number of rotatable bonds is 6. The van der Waals surface area contributed by atoms with Crippen LogP contribution in [0.15, 0.2) is 24.3 Å². The summed E-state index contributed by atoms with van der Waals surface area (Å²) < 4.78 is 0. The molecule has 0 aliphatic rings. The molecule has 0 aliphatic heterocycles. The van der Waals surface area contributed by atoms with Crippen molar-refractivity contribution in [2.45, 2.75) is 25.3 Å². The summed E-state index contributed by atoms with van der Waals surface area (Å²) in [4.78, 5) is 10.7. The Morgan fingerprint density at radius 3 is 2.75 bits per heavy atom. The van der Waals surface area contributed by atoms with Gasteiger partial charge in [0.25, 0.3) is 0 Å². The maximum Gasteiger partial charge on any atom is 0.217 e. The monoisotopic (exact) mass is 216 g/mol. The van der Waals surface area contributed by atoms with Crippen LogP contribution in [-0.2, 0) is 11.2 Å². The molecule has 3 nitrogen and oxygen atoms in total. The lowest BCUT2D eigenvalue weighted by Crippen LogP contribution is -2.31. The minimum Gasteiger partial charge on any atom is -0.370 e. The third kappa shape index (κ3) is 4.07. The molecule has 1 amide bonds. The average molecular weight is 216 g/mol. The first-order valence-corrected chi connectivity index (χ1v) is 5.42. The Morgan fingerprint density at radius 1 is 1.50 bits per heavy atom. The molecule has 0 bridgehead atoms. The lowest BCUT2D eigenvalue weighted by Gasteiger charge is -2.16. The molecule has 3 N–H and O–H groups in total. The van der Waals surface area contributed by atoms with Crippen LogP contribution in [0.3, 0.4) is 0 Å². The second kappa shape index (κ2) is 6.33. The fraction of sp³-hybridized carbons (Fsp3) is 0.417. The van der Waals surface area contributed by atoms with E-state index in [1.165, 1.54) is 0 Å². The van der Waals surface area contributed by atoms with E-state index in [0.717, 1.165) is 23.9 Å². The molecule has 84 valence electrons. The molecular formula is C12H17BN2O. The molecule has 1 aromatic carbocycles. The predicted octanol–water partition coefficient (Wildman–Crippen LogP) is -0.124. The van der Waals surface area contributed by atoms with Crippen molar-refractivity contribution in [3.05, 3.63) is 29.8 Å². The molecule has 0 spiro atoms. The fourth-order valence-corrected chi connectivity index (χ4v) is 1.65. The van der Waals surface area contributed by atoms with Gasteiger partial charge in [0.1, 0.15) is 7.85 Å². The van der Waals surface area contributed by atoms with Crippen LogP contribution in [0.1, 0.15) is 18.4 Å². The quantitative estimate of drug-likeness (QED) is 0.651. The molecule has 4 heteroatoms. The molecule has 0 fully saturated rings. The number of hydrogen-bond acceptors (Lipinski definition) is 2. The SMILES string of the molecule is [B]c1ccccc1CC(CCC(N)=O)NC. The average Bonchev–Trinajstić information content (AvgIpc) is 2.26.